The van der Waals surface area contributed by atoms with E-state index in [0.717, 1.165) is 32.1 Å². The van der Waals surface area contributed by atoms with Crippen LogP contribution in [0.1, 0.15) is 92.4 Å². The fraction of sp³-hybridized carbons (Fsp3) is 0.867. The van der Waals surface area contributed by atoms with Gasteiger partial charge in [-0.1, -0.05) is 34.1 Å². The topological polar surface area (TPSA) is 156 Å². The predicted molar refractivity (Wildman–Crippen MR) is 145 cm³/mol. The number of aliphatic carboxylic acids is 1. The molecule has 0 spiro atoms. The summed E-state index contributed by atoms with van der Waals surface area (Å²) in [6.07, 6.45) is 4.02. The molecule has 4 rings (SSSR count). The molecule has 216 valence electrons. The van der Waals surface area contributed by atoms with Crippen molar-refractivity contribution in [2.45, 2.75) is 117 Å². The van der Waals surface area contributed by atoms with Crippen molar-refractivity contribution in [3.05, 3.63) is 11.1 Å². The molecule has 0 aromatic carbocycles. The van der Waals surface area contributed by atoms with E-state index in [1.807, 2.05) is 0 Å². The molecule has 8 nitrogen and oxygen atoms in total. The van der Waals surface area contributed by atoms with E-state index in [2.05, 4.69) is 27.7 Å². The summed E-state index contributed by atoms with van der Waals surface area (Å²) in [5, 5.41) is 32.9. The van der Waals surface area contributed by atoms with Crippen LogP contribution in [-0.4, -0.2) is 58.2 Å². The molecule has 38 heavy (non-hydrogen) atoms. The average molecular weight is 535 g/mol. The first-order chi connectivity index (χ1) is 17.7. The van der Waals surface area contributed by atoms with Gasteiger partial charge in [-0.2, -0.15) is 0 Å². The van der Waals surface area contributed by atoms with E-state index in [4.69, 9.17) is 16.2 Å². The van der Waals surface area contributed by atoms with Crippen LogP contribution in [0.3, 0.4) is 0 Å². The van der Waals surface area contributed by atoms with Crippen LogP contribution in [0.5, 0.6) is 0 Å². The van der Waals surface area contributed by atoms with Crippen LogP contribution in [0.4, 0.5) is 0 Å². The second-order valence-corrected chi connectivity index (χ2v) is 13.8. The minimum Gasteiger partial charge on any atom is -0.478 e. The van der Waals surface area contributed by atoms with Crippen molar-refractivity contribution in [2.24, 2.45) is 51.4 Å². The molecule has 0 unspecified atom stereocenters. The lowest BCUT2D eigenvalue weighted by Gasteiger charge is -2.69. The number of carbonyl (C=O) groups is 2. The smallest absolute Gasteiger partial charge is 0.331 e. The van der Waals surface area contributed by atoms with E-state index in [9.17, 15) is 24.9 Å². The van der Waals surface area contributed by atoms with Crippen molar-refractivity contribution in [3.63, 3.8) is 0 Å². The minimum atomic E-state index is -0.966. The summed E-state index contributed by atoms with van der Waals surface area (Å²) in [6, 6.07) is -0.338. The number of carbonyl (C=O) groups excluding carboxylic acids is 1. The third-order valence-corrected chi connectivity index (χ3v) is 11.5. The molecule has 0 aromatic rings. The zero-order valence-electron chi connectivity index (χ0n) is 23.9. The zero-order valence-corrected chi connectivity index (χ0v) is 23.9. The molecule has 0 aliphatic heterocycles. The number of carboxylic acids is 1. The Morgan fingerprint density at radius 1 is 1.13 bits per heavy atom. The van der Waals surface area contributed by atoms with E-state index in [0.29, 0.717) is 49.3 Å². The minimum absolute atomic E-state index is 0.0806. The van der Waals surface area contributed by atoms with Gasteiger partial charge in [0.2, 0.25) is 0 Å². The molecular formula is C30H50N2O6. The van der Waals surface area contributed by atoms with Crippen molar-refractivity contribution >= 4 is 11.9 Å². The number of hydrogen-bond donors (Lipinski definition) is 5. The SMILES string of the molecule is CC(=O)O[C@H]1C[C@@]2(C)[C@@H](C[C@@H](O)[C@H]3[C@@]4(C)CC[C@@H](O)[C@@H](N)[C@@H]4CC[C@@]32CN)/C1=C(\CCCC(C)C)C(=O)O. The summed E-state index contributed by atoms with van der Waals surface area (Å²) >= 11 is 0. The first-order valence-electron chi connectivity index (χ1n) is 14.7. The Kier molecular flexibility index (Phi) is 8.14. The molecule has 0 bridgehead atoms. The highest BCUT2D eigenvalue weighted by molar-refractivity contribution is 5.88. The molecule has 7 N–H and O–H groups in total. The molecule has 4 aliphatic carbocycles. The van der Waals surface area contributed by atoms with Crippen molar-refractivity contribution in [1.29, 1.82) is 0 Å². The van der Waals surface area contributed by atoms with E-state index in [-0.39, 0.29) is 29.2 Å². The van der Waals surface area contributed by atoms with Gasteiger partial charge in [-0.15, -0.1) is 0 Å². The maximum Gasteiger partial charge on any atom is 0.331 e. The molecule has 8 heteroatoms. The number of fused-ring (bicyclic) bond motifs is 5. The standard InChI is InChI=1S/C30H50N2O6/c1-16(2)7-6-8-18(27(36)37)24-20-13-22(35)26-28(4)11-10-21(34)25(32)19(28)9-12-30(26,15-31)29(20,5)14-23(24)38-17(3)33/h16,19-23,25-26,34-35H,6-15,31-32H2,1-5H3,(H,36,37)/b24-18-/t19-,20-,21+,22+,23-,25-,26-,28-,29-,30+/m0/s1. The maximum atomic E-state index is 12.7. The van der Waals surface area contributed by atoms with E-state index >= 15 is 0 Å². The summed E-state index contributed by atoms with van der Waals surface area (Å²) in [7, 11) is 0. The van der Waals surface area contributed by atoms with Gasteiger partial charge >= 0.3 is 11.9 Å². The molecular weight excluding hydrogens is 484 g/mol. The van der Waals surface area contributed by atoms with Gasteiger partial charge in [0.15, 0.2) is 0 Å². The summed E-state index contributed by atoms with van der Waals surface area (Å²) in [4.78, 5) is 24.9. The fourth-order valence-electron chi connectivity index (χ4n) is 9.86. The number of ether oxygens (including phenoxy) is 1. The summed E-state index contributed by atoms with van der Waals surface area (Å²) in [5.41, 5.74) is 13.1. The number of nitrogens with two attached hydrogens (primary N) is 2. The van der Waals surface area contributed by atoms with Crippen molar-refractivity contribution < 1.29 is 29.6 Å². The number of aliphatic hydroxyl groups is 2. The Morgan fingerprint density at radius 3 is 2.39 bits per heavy atom. The predicted octanol–water partition coefficient (Wildman–Crippen LogP) is 3.38. The third-order valence-electron chi connectivity index (χ3n) is 11.5. The van der Waals surface area contributed by atoms with Gasteiger partial charge in [0.1, 0.15) is 6.10 Å². The normalized spacial score (nSPS) is 45.7. The van der Waals surface area contributed by atoms with Crippen molar-refractivity contribution in [2.75, 3.05) is 6.54 Å². The van der Waals surface area contributed by atoms with Gasteiger partial charge in [0.05, 0.1) is 12.2 Å². The van der Waals surface area contributed by atoms with E-state index in [1.165, 1.54) is 6.92 Å². The Bertz CT molecular complexity index is 966. The van der Waals surface area contributed by atoms with Gasteiger partial charge in [0, 0.05) is 18.5 Å². The van der Waals surface area contributed by atoms with Crippen LogP contribution >= 0.6 is 0 Å². The number of rotatable bonds is 7. The molecule has 0 aromatic heterocycles. The fourth-order valence-corrected chi connectivity index (χ4v) is 9.86. The lowest BCUT2D eigenvalue weighted by Crippen LogP contribution is -2.70. The zero-order chi connectivity index (χ0) is 28.2. The highest BCUT2D eigenvalue weighted by Gasteiger charge is 2.72. The van der Waals surface area contributed by atoms with Gasteiger partial charge in [-0.25, -0.2) is 4.79 Å². The largest absolute Gasteiger partial charge is 0.478 e. The number of aliphatic hydroxyl groups excluding tert-OH is 2. The van der Waals surface area contributed by atoms with Gasteiger partial charge in [-0.3, -0.25) is 4.79 Å². The molecule has 0 heterocycles. The second-order valence-electron chi connectivity index (χ2n) is 13.8. The van der Waals surface area contributed by atoms with Crippen LogP contribution in [0, 0.1) is 39.9 Å². The lowest BCUT2D eigenvalue weighted by atomic mass is 9.36. The first-order valence-corrected chi connectivity index (χ1v) is 14.7. The van der Waals surface area contributed by atoms with Crippen LogP contribution in [0.25, 0.3) is 0 Å². The Labute approximate surface area is 227 Å². The molecule has 0 saturated heterocycles. The number of esters is 1. The summed E-state index contributed by atoms with van der Waals surface area (Å²) < 4.78 is 5.87. The second kappa shape index (κ2) is 10.5. The number of hydrogen-bond acceptors (Lipinski definition) is 7. The Balaban J connectivity index is 1.84. The van der Waals surface area contributed by atoms with Crippen LogP contribution < -0.4 is 11.5 Å². The quantitative estimate of drug-likeness (QED) is 0.246. The van der Waals surface area contributed by atoms with Crippen LogP contribution in [0.15, 0.2) is 11.1 Å². The molecule has 0 amide bonds. The van der Waals surface area contributed by atoms with Gasteiger partial charge < -0.3 is 31.5 Å². The van der Waals surface area contributed by atoms with Crippen LogP contribution in [-0.2, 0) is 14.3 Å². The first kappa shape index (κ1) is 29.5. The Hall–Kier alpha value is -1.48. The summed E-state index contributed by atoms with van der Waals surface area (Å²) in [6.45, 7) is 10.4. The monoisotopic (exact) mass is 534 g/mol. The summed E-state index contributed by atoms with van der Waals surface area (Å²) in [5.74, 6) is -1.23. The molecule has 10 atom stereocenters. The average Bonchev–Trinajstić information content (AvgIpc) is 3.09. The Morgan fingerprint density at radius 2 is 1.82 bits per heavy atom. The highest BCUT2D eigenvalue weighted by Crippen LogP contribution is 2.73. The van der Waals surface area contributed by atoms with Crippen LogP contribution in [0.2, 0.25) is 0 Å². The number of carboxylic acid groups (broad SMARTS) is 1. The van der Waals surface area contributed by atoms with E-state index < -0.39 is 41.1 Å². The van der Waals surface area contributed by atoms with Crippen molar-refractivity contribution in [3.8, 4) is 0 Å². The molecule has 0 radical (unpaired) electrons. The third kappa shape index (κ3) is 4.43. The van der Waals surface area contributed by atoms with Gasteiger partial charge in [-0.05, 0) is 103 Å². The van der Waals surface area contributed by atoms with E-state index in [1.54, 1.807) is 0 Å². The van der Waals surface area contributed by atoms with Crippen molar-refractivity contribution in [1.82, 2.24) is 0 Å². The molecule has 4 fully saturated rings. The lowest BCUT2D eigenvalue weighted by molar-refractivity contribution is -0.230. The maximum absolute atomic E-state index is 12.7. The molecule has 4 aliphatic rings. The molecule has 4 saturated carbocycles. The highest BCUT2D eigenvalue weighted by atomic mass is 16.5. The van der Waals surface area contributed by atoms with Gasteiger partial charge in [0.25, 0.3) is 0 Å².